The molecule has 0 spiro atoms. The first-order chi connectivity index (χ1) is 14.6. The Kier molecular flexibility index (Phi) is 10.3. The molecule has 0 aliphatic carbocycles. The SMILES string of the molecule is COc1ccc(CCNCc2ccccc2OCc2ccc(Cl)cc2Cl)cc1OC.Cl. The molecule has 166 valence electrons. The van der Waals surface area contributed by atoms with E-state index in [0.717, 1.165) is 41.3 Å². The van der Waals surface area contributed by atoms with Crippen molar-refractivity contribution in [2.75, 3.05) is 20.8 Å². The van der Waals surface area contributed by atoms with Crippen molar-refractivity contribution in [2.24, 2.45) is 0 Å². The van der Waals surface area contributed by atoms with Crippen LogP contribution in [0, 0.1) is 0 Å². The van der Waals surface area contributed by atoms with Crippen molar-refractivity contribution in [3.8, 4) is 17.2 Å². The minimum absolute atomic E-state index is 0. The minimum atomic E-state index is 0. The summed E-state index contributed by atoms with van der Waals surface area (Å²) in [6.07, 6.45) is 0.879. The number of halogens is 3. The zero-order valence-corrected chi connectivity index (χ0v) is 19.8. The maximum absolute atomic E-state index is 6.24. The maximum atomic E-state index is 6.24. The quantitative estimate of drug-likeness (QED) is 0.342. The monoisotopic (exact) mass is 481 g/mol. The summed E-state index contributed by atoms with van der Waals surface area (Å²) in [6, 6.07) is 19.4. The molecule has 3 aromatic rings. The molecule has 0 radical (unpaired) electrons. The van der Waals surface area contributed by atoms with Crippen LogP contribution in [0.5, 0.6) is 17.2 Å². The third kappa shape index (κ3) is 7.22. The molecule has 31 heavy (non-hydrogen) atoms. The second-order valence-corrected chi connectivity index (χ2v) is 7.59. The number of nitrogens with one attached hydrogen (secondary N) is 1. The van der Waals surface area contributed by atoms with Crippen molar-refractivity contribution in [3.63, 3.8) is 0 Å². The van der Waals surface area contributed by atoms with Crippen LogP contribution in [0.4, 0.5) is 0 Å². The number of hydrogen-bond acceptors (Lipinski definition) is 4. The summed E-state index contributed by atoms with van der Waals surface area (Å²) in [5.74, 6) is 2.32. The Bertz CT molecular complexity index is 982. The van der Waals surface area contributed by atoms with Crippen LogP contribution in [-0.2, 0) is 19.6 Å². The molecular formula is C24H26Cl3NO3. The zero-order valence-electron chi connectivity index (χ0n) is 17.5. The van der Waals surface area contributed by atoms with Crippen LogP contribution in [0.25, 0.3) is 0 Å². The summed E-state index contributed by atoms with van der Waals surface area (Å²) in [6.45, 7) is 1.92. The second kappa shape index (κ2) is 12.7. The van der Waals surface area contributed by atoms with Gasteiger partial charge in [0.2, 0.25) is 0 Å². The first-order valence-corrected chi connectivity index (χ1v) is 10.4. The van der Waals surface area contributed by atoms with E-state index in [4.69, 9.17) is 37.4 Å². The minimum Gasteiger partial charge on any atom is -0.493 e. The molecule has 4 nitrogen and oxygen atoms in total. The Hall–Kier alpha value is -2.11. The standard InChI is InChI=1S/C24H25Cl2NO3.ClH/c1-28-23-10-7-17(13-24(23)29-2)11-12-27-15-18-5-3-4-6-22(18)30-16-19-8-9-20(25)14-21(19)26;/h3-10,13-14,27H,11-12,15-16H2,1-2H3;1H. The first-order valence-electron chi connectivity index (χ1n) is 9.67. The van der Waals surface area contributed by atoms with Crippen LogP contribution < -0.4 is 19.5 Å². The van der Waals surface area contributed by atoms with E-state index in [2.05, 4.69) is 17.4 Å². The van der Waals surface area contributed by atoms with Crippen molar-refractivity contribution in [1.82, 2.24) is 5.32 Å². The number of rotatable bonds is 10. The predicted molar refractivity (Wildman–Crippen MR) is 129 cm³/mol. The molecule has 0 saturated carbocycles. The highest BCUT2D eigenvalue weighted by molar-refractivity contribution is 6.35. The lowest BCUT2D eigenvalue weighted by Crippen LogP contribution is -2.17. The number of hydrogen-bond donors (Lipinski definition) is 1. The largest absolute Gasteiger partial charge is 0.493 e. The predicted octanol–water partition coefficient (Wildman–Crippen LogP) is 6.34. The van der Waals surface area contributed by atoms with Gasteiger partial charge in [-0.1, -0.05) is 53.5 Å². The molecule has 3 aromatic carbocycles. The highest BCUT2D eigenvalue weighted by Crippen LogP contribution is 2.28. The number of ether oxygens (including phenoxy) is 3. The topological polar surface area (TPSA) is 39.7 Å². The first kappa shape index (κ1) is 25.2. The van der Waals surface area contributed by atoms with Crippen LogP contribution in [0.3, 0.4) is 0 Å². The summed E-state index contributed by atoms with van der Waals surface area (Å²) < 4.78 is 16.7. The summed E-state index contributed by atoms with van der Waals surface area (Å²) in [7, 11) is 3.29. The molecule has 0 aliphatic heterocycles. The molecular weight excluding hydrogens is 457 g/mol. The summed E-state index contributed by atoms with van der Waals surface area (Å²) in [5.41, 5.74) is 3.18. The van der Waals surface area contributed by atoms with Gasteiger partial charge in [-0.15, -0.1) is 12.4 Å². The molecule has 0 aliphatic rings. The van der Waals surface area contributed by atoms with Gasteiger partial charge in [-0.2, -0.15) is 0 Å². The van der Waals surface area contributed by atoms with Gasteiger partial charge in [0.05, 0.1) is 14.2 Å². The van der Waals surface area contributed by atoms with Gasteiger partial charge in [0.25, 0.3) is 0 Å². The Morgan fingerprint density at radius 1 is 0.806 bits per heavy atom. The summed E-state index contributed by atoms with van der Waals surface area (Å²) >= 11 is 12.2. The van der Waals surface area contributed by atoms with Gasteiger partial charge in [-0.05, 0) is 48.9 Å². The molecule has 0 bridgehead atoms. The van der Waals surface area contributed by atoms with Crippen LogP contribution >= 0.6 is 35.6 Å². The number of benzene rings is 3. The lowest BCUT2D eigenvalue weighted by Gasteiger charge is -2.13. The molecule has 1 N–H and O–H groups in total. The van der Waals surface area contributed by atoms with Crippen molar-refractivity contribution < 1.29 is 14.2 Å². The van der Waals surface area contributed by atoms with Crippen molar-refractivity contribution in [2.45, 2.75) is 19.6 Å². The lowest BCUT2D eigenvalue weighted by molar-refractivity contribution is 0.302. The molecule has 0 heterocycles. The van der Waals surface area contributed by atoms with E-state index in [9.17, 15) is 0 Å². The molecule has 7 heteroatoms. The number of para-hydroxylation sites is 1. The highest BCUT2D eigenvalue weighted by Gasteiger charge is 2.07. The van der Waals surface area contributed by atoms with Gasteiger partial charge in [-0.3, -0.25) is 0 Å². The van der Waals surface area contributed by atoms with E-state index < -0.39 is 0 Å². The maximum Gasteiger partial charge on any atom is 0.160 e. The third-order valence-corrected chi connectivity index (χ3v) is 5.31. The van der Waals surface area contributed by atoms with E-state index in [1.807, 2.05) is 42.5 Å². The average Bonchev–Trinajstić information content (AvgIpc) is 2.76. The molecule has 0 fully saturated rings. The van der Waals surface area contributed by atoms with Gasteiger partial charge in [0.15, 0.2) is 11.5 Å². The van der Waals surface area contributed by atoms with Crippen LogP contribution in [0.2, 0.25) is 10.0 Å². The molecule has 0 unspecified atom stereocenters. The molecule has 3 rings (SSSR count). The molecule has 0 amide bonds. The second-order valence-electron chi connectivity index (χ2n) is 6.75. The Labute approximate surface area is 199 Å². The lowest BCUT2D eigenvalue weighted by atomic mass is 10.1. The molecule has 0 saturated heterocycles. The zero-order chi connectivity index (χ0) is 21.3. The van der Waals surface area contributed by atoms with Gasteiger partial charge in [-0.25, -0.2) is 0 Å². The summed E-state index contributed by atoms with van der Waals surface area (Å²) in [4.78, 5) is 0. The van der Waals surface area contributed by atoms with Crippen molar-refractivity contribution >= 4 is 35.6 Å². The van der Waals surface area contributed by atoms with Crippen LogP contribution in [-0.4, -0.2) is 20.8 Å². The van der Waals surface area contributed by atoms with E-state index >= 15 is 0 Å². The van der Waals surface area contributed by atoms with Crippen molar-refractivity contribution in [1.29, 1.82) is 0 Å². The van der Waals surface area contributed by atoms with Gasteiger partial charge < -0.3 is 19.5 Å². The van der Waals surface area contributed by atoms with Crippen LogP contribution in [0.15, 0.2) is 60.7 Å². The van der Waals surface area contributed by atoms with E-state index in [1.165, 1.54) is 5.56 Å². The molecule has 0 aromatic heterocycles. The van der Waals surface area contributed by atoms with Gasteiger partial charge in [0, 0.05) is 27.7 Å². The average molecular weight is 483 g/mol. The number of methoxy groups -OCH3 is 2. The molecule has 0 atom stereocenters. The fraction of sp³-hybridized carbons (Fsp3) is 0.250. The van der Waals surface area contributed by atoms with Gasteiger partial charge >= 0.3 is 0 Å². The van der Waals surface area contributed by atoms with Gasteiger partial charge in [0.1, 0.15) is 12.4 Å². The Balaban J connectivity index is 0.00000341. The van der Waals surface area contributed by atoms with E-state index in [-0.39, 0.29) is 12.4 Å². The highest BCUT2D eigenvalue weighted by atomic mass is 35.5. The third-order valence-electron chi connectivity index (χ3n) is 4.72. The van der Waals surface area contributed by atoms with Crippen LogP contribution in [0.1, 0.15) is 16.7 Å². The smallest absolute Gasteiger partial charge is 0.160 e. The summed E-state index contributed by atoms with van der Waals surface area (Å²) in [5, 5.41) is 4.70. The van der Waals surface area contributed by atoms with E-state index in [0.29, 0.717) is 23.2 Å². The fourth-order valence-corrected chi connectivity index (χ4v) is 3.54. The van der Waals surface area contributed by atoms with E-state index in [1.54, 1.807) is 20.3 Å². The Morgan fingerprint density at radius 2 is 1.58 bits per heavy atom. The Morgan fingerprint density at radius 3 is 2.32 bits per heavy atom. The van der Waals surface area contributed by atoms with Crippen molar-refractivity contribution in [3.05, 3.63) is 87.4 Å². The normalized spacial score (nSPS) is 10.3. The fourth-order valence-electron chi connectivity index (χ4n) is 3.08.